The summed E-state index contributed by atoms with van der Waals surface area (Å²) in [5.41, 5.74) is 5.69. The van der Waals surface area contributed by atoms with Gasteiger partial charge in [0, 0.05) is 26.2 Å². The molecule has 0 saturated carbocycles. The van der Waals surface area contributed by atoms with E-state index in [1.165, 1.54) is 0 Å². The van der Waals surface area contributed by atoms with Crippen LogP contribution < -0.4 is 5.73 Å². The lowest BCUT2D eigenvalue weighted by Gasteiger charge is -2.22. The topological polar surface area (TPSA) is 55.6 Å². The van der Waals surface area contributed by atoms with Crippen molar-refractivity contribution >= 4 is 5.91 Å². The van der Waals surface area contributed by atoms with Crippen LogP contribution in [0.15, 0.2) is 0 Å². The standard InChI is InChI=1S/C10H20N2O2/c1-7(8(2)11)10(13)12-5-4-9(6-12)14-3/h7-9H,4-6,11H2,1-3H3. The van der Waals surface area contributed by atoms with Gasteiger partial charge in [-0.05, 0) is 13.3 Å². The molecule has 1 saturated heterocycles. The zero-order valence-electron chi connectivity index (χ0n) is 9.19. The first kappa shape index (κ1) is 11.5. The number of hydrogen-bond acceptors (Lipinski definition) is 3. The highest BCUT2D eigenvalue weighted by atomic mass is 16.5. The van der Waals surface area contributed by atoms with Crippen molar-refractivity contribution in [1.82, 2.24) is 4.90 Å². The molecule has 1 fully saturated rings. The summed E-state index contributed by atoms with van der Waals surface area (Å²) in [4.78, 5) is 13.7. The van der Waals surface area contributed by atoms with Gasteiger partial charge in [0.05, 0.1) is 12.0 Å². The predicted molar refractivity (Wildman–Crippen MR) is 54.8 cm³/mol. The minimum atomic E-state index is -0.0920. The van der Waals surface area contributed by atoms with E-state index < -0.39 is 0 Å². The molecule has 0 aromatic heterocycles. The number of nitrogens with two attached hydrogens (primary N) is 1. The molecule has 0 spiro atoms. The molecule has 2 N–H and O–H groups in total. The first-order chi connectivity index (χ1) is 6.56. The van der Waals surface area contributed by atoms with Crippen molar-refractivity contribution in [3.8, 4) is 0 Å². The van der Waals surface area contributed by atoms with Gasteiger partial charge in [0.2, 0.25) is 5.91 Å². The molecular weight excluding hydrogens is 180 g/mol. The Hall–Kier alpha value is -0.610. The Labute approximate surface area is 85.4 Å². The average molecular weight is 200 g/mol. The van der Waals surface area contributed by atoms with Crippen LogP contribution in [0.5, 0.6) is 0 Å². The molecule has 1 aliphatic rings. The zero-order chi connectivity index (χ0) is 10.7. The van der Waals surface area contributed by atoms with Gasteiger partial charge in [-0.25, -0.2) is 0 Å². The first-order valence-electron chi connectivity index (χ1n) is 5.13. The van der Waals surface area contributed by atoms with Crippen LogP contribution in [0.25, 0.3) is 0 Å². The van der Waals surface area contributed by atoms with E-state index in [1.807, 2.05) is 18.7 Å². The van der Waals surface area contributed by atoms with Gasteiger partial charge in [0.15, 0.2) is 0 Å². The van der Waals surface area contributed by atoms with Crippen molar-refractivity contribution in [1.29, 1.82) is 0 Å². The van der Waals surface area contributed by atoms with Gasteiger partial charge < -0.3 is 15.4 Å². The highest BCUT2D eigenvalue weighted by Gasteiger charge is 2.29. The van der Waals surface area contributed by atoms with Gasteiger partial charge in [0.1, 0.15) is 0 Å². The Morgan fingerprint density at radius 2 is 2.21 bits per heavy atom. The van der Waals surface area contributed by atoms with Crippen LogP contribution in [0.1, 0.15) is 20.3 Å². The lowest BCUT2D eigenvalue weighted by Crippen LogP contribution is -2.41. The summed E-state index contributed by atoms with van der Waals surface area (Å²) in [6.45, 7) is 5.26. The van der Waals surface area contributed by atoms with Crippen molar-refractivity contribution in [2.75, 3.05) is 20.2 Å². The van der Waals surface area contributed by atoms with E-state index in [4.69, 9.17) is 10.5 Å². The molecule has 0 radical (unpaired) electrons. The summed E-state index contributed by atoms with van der Waals surface area (Å²) in [6.07, 6.45) is 1.15. The Morgan fingerprint density at radius 1 is 1.57 bits per heavy atom. The lowest BCUT2D eigenvalue weighted by atomic mass is 10.0. The maximum absolute atomic E-state index is 11.8. The summed E-state index contributed by atoms with van der Waals surface area (Å²) in [5.74, 6) is 0.0603. The van der Waals surface area contributed by atoms with Crippen LogP contribution in [-0.4, -0.2) is 43.2 Å². The molecule has 14 heavy (non-hydrogen) atoms. The van der Waals surface area contributed by atoms with Gasteiger partial charge in [-0.2, -0.15) is 0 Å². The molecule has 0 aromatic rings. The van der Waals surface area contributed by atoms with Gasteiger partial charge >= 0.3 is 0 Å². The zero-order valence-corrected chi connectivity index (χ0v) is 9.19. The fraction of sp³-hybridized carbons (Fsp3) is 0.900. The van der Waals surface area contributed by atoms with E-state index >= 15 is 0 Å². The maximum Gasteiger partial charge on any atom is 0.227 e. The average Bonchev–Trinajstić information content (AvgIpc) is 2.63. The molecule has 0 bridgehead atoms. The smallest absolute Gasteiger partial charge is 0.227 e. The minimum Gasteiger partial charge on any atom is -0.380 e. The number of ether oxygens (including phenoxy) is 1. The van der Waals surface area contributed by atoms with Crippen molar-refractivity contribution in [3.05, 3.63) is 0 Å². The van der Waals surface area contributed by atoms with E-state index in [0.717, 1.165) is 13.0 Å². The van der Waals surface area contributed by atoms with Gasteiger partial charge in [-0.15, -0.1) is 0 Å². The molecule has 3 unspecified atom stereocenters. The molecule has 1 aliphatic heterocycles. The Kier molecular flexibility index (Phi) is 3.89. The molecule has 0 aromatic carbocycles. The second kappa shape index (κ2) is 4.75. The van der Waals surface area contributed by atoms with Crippen LogP contribution in [0, 0.1) is 5.92 Å². The van der Waals surface area contributed by atoms with Crippen LogP contribution in [0.4, 0.5) is 0 Å². The van der Waals surface area contributed by atoms with Gasteiger partial charge in [-0.1, -0.05) is 6.92 Å². The molecule has 82 valence electrons. The van der Waals surface area contributed by atoms with E-state index in [0.29, 0.717) is 6.54 Å². The normalized spacial score (nSPS) is 26.3. The van der Waals surface area contributed by atoms with E-state index in [-0.39, 0.29) is 24.0 Å². The van der Waals surface area contributed by atoms with E-state index in [1.54, 1.807) is 7.11 Å². The SMILES string of the molecule is COC1CCN(C(=O)C(C)C(C)N)C1. The highest BCUT2D eigenvalue weighted by molar-refractivity contribution is 5.79. The number of likely N-dealkylation sites (tertiary alicyclic amines) is 1. The minimum absolute atomic E-state index is 0.0795. The van der Waals surface area contributed by atoms with Crippen LogP contribution in [-0.2, 0) is 9.53 Å². The number of nitrogens with zero attached hydrogens (tertiary/aromatic N) is 1. The van der Waals surface area contributed by atoms with Crippen LogP contribution in [0.3, 0.4) is 0 Å². The summed E-state index contributed by atoms with van der Waals surface area (Å²) >= 11 is 0. The van der Waals surface area contributed by atoms with Gasteiger partial charge in [0.25, 0.3) is 0 Å². The fourth-order valence-electron chi connectivity index (χ4n) is 1.63. The maximum atomic E-state index is 11.8. The second-order valence-corrected chi connectivity index (χ2v) is 4.08. The summed E-state index contributed by atoms with van der Waals surface area (Å²) < 4.78 is 5.21. The molecular formula is C10H20N2O2. The highest BCUT2D eigenvalue weighted by Crippen LogP contribution is 2.15. The molecule has 1 amide bonds. The van der Waals surface area contributed by atoms with Crippen LogP contribution in [0.2, 0.25) is 0 Å². The third-order valence-electron chi connectivity index (χ3n) is 2.97. The Balaban J connectivity index is 2.47. The molecule has 4 heteroatoms. The number of hydrogen-bond donors (Lipinski definition) is 1. The van der Waals surface area contributed by atoms with E-state index in [2.05, 4.69) is 0 Å². The lowest BCUT2D eigenvalue weighted by molar-refractivity contribution is -0.134. The number of carbonyl (C=O) groups excluding carboxylic acids is 1. The molecule has 3 atom stereocenters. The van der Waals surface area contributed by atoms with Crippen molar-refractivity contribution < 1.29 is 9.53 Å². The first-order valence-corrected chi connectivity index (χ1v) is 5.13. The molecule has 0 aliphatic carbocycles. The number of amides is 1. The van der Waals surface area contributed by atoms with Crippen LogP contribution >= 0.6 is 0 Å². The molecule has 1 heterocycles. The molecule has 1 rings (SSSR count). The number of rotatable bonds is 3. The third-order valence-corrected chi connectivity index (χ3v) is 2.97. The predicted octanol–water partition coefficient (Wildman–Crippen LogP) is 0.217. The Bertz CT molecular complexity index is 206. The quantitative estimate of drug-likeness (QED) is 0.709. The number of methoxy groups -OCH3 is 1. The Morgan fingerprint density at radius 3 is 2.64 bits per heavy atom. The largest absolute Gasteiger partial charge is 0.380 e. The van der Waals surface area contributed by atoms with E-state index in [9.17, 15) is 4.79 Å². The second-order valence-electron chi connectivity index (χ2n) is 4.08. The van der Waals surface area contributed by atoms with Crippen molar-refractivity contribution in [2.45, 2.75) is 32.4 Å². The monoisotopic (exact) mass is 200 g/mol. The summed E-state index contributed by atoms with van der Waals surface area (Å²) in [7, 11) is 1.69. The summed E-state index contributed by atoms with van der Waals surface area (Å²) in [5, 5.41) is 0. The fourth-order valence-corrected chi connectivity index (χ4v) is 1.63. The molecule has 4 nitrogen and oxygen atoms in total. The summed E-state index contributed by atoms with van der Waals surface area (Å²) in [6, 6.07) is -0.0795. The third kappa shape index (κ3) is 2.45. The van der Waals surface area contributed by atoms with Gasteiger partial charge in [-0.3, -0.25) is 4.79 Å². The number of carbonyl (C=O) groups is 1. The van der Waals surface area contributed by atoms with Crippen molar-refractivity contribution in [2.24, 2.45) is 11.7 Å². The van der Waals surface area contributed by atoms with Crippen molar-refractivity contribution in [3.63, 3.8) is 0 Å².